The third kappa shape index (κ3) is 2.93. The van der Waals surface area contributed by atoms with Crippen LogP contribution in [0.5, 0.6) is 0 Å². The lowest BCUT2D eigenvalue weighted by molar-refractivity contribution is -0.123. The van der Waals surface area contributed by atoms with E-state index in [1.807, 2.05) is 25.1 Å². The fourth-order valence-electron chi connectivity index (χ4n) is 1.92. The average molecular weight is 275 g/mol. The molecule has 2 rings (SSSR count). The Morgan fingerprint density at radius 1 is 1.42 bits per heavy atom. The molecule has 0 atom stereocenters. The van der Waals surface area contributed by atoms with Gasteiger partial charge in [0.25, 0.3) is 5.91 Å². The van der Waals surface area contributed by atoms with E-state index >= 15 is 0 Å². The summed E-state index contributed by atoms with van der Waals surface area (Å²) in [5, 5.41) is 0.641. The Kier molecular flexibility index (Phi) is 4.17. The monoisotopic (exact) mass is 274 g/mol. The van der Waals surface area contributed by atoms with Crippen LogP contribution in [0, 0.1) is 0 Å². The Hall–Kier alpha value is -1.87. The third-order valence-corrected chi connectivity index (χ3v) is 3.16. The van der Waals surface area contributed by atoms with E-state index in [0.29, 0.717) is 23.8 Å². The molecule has 4 heteroatoms. The number of likely N-dealkylation sites (N-methyl/N-ethyl adjacent to an activating group) is 1. The van der Waals surface area contributed by atoms with Gasteiger partial charge in [-0.15, -0.1) is 0 Å². The minimum absolute atomic E-state index is 0.0500. The van der Waals surface area contributed by atoms with Gasteiger partial charge in [-0.05, 0) is 25.1 Å². The van der Waals surface area contributed by atoms with Gasteiger partial charge in [-0.25, -0.2) is 4.99 Å². The van der Waals surface area contributed by atoms with Crippen LogP contribution in [0.2, 0.25) is 5.02 Å². The molecule has 0 fully saturated rings. The number of aliphatic imine (C=N–C) groups is 1. The molecule has 1 aliphatic heterocycles. The molecular weight excluding hydrogens is 260 g/mol. The quantitative estimate of drug-likeness (QED) is 0.834. The highest BCUT2D eigenvalue weighted by Crippen LogP contribution is 2.17. The summed E-state index contributed by atoms with van der Waals surface area (Å²) in [4.78, 5) is 18.5. The molecule has 1 aromatic carbocycles. The number of hydrogen-bond acceptors (Lipinski definition) is 2. The molecule has 0 aromatic heterocycles. The van der Waals surface area contributed by atoms with Gasteiger partial charge < -0.3 is 4.90 Å². The van der Waals surface area contributed by atoms with Crippen molar-refractivity contribution in [3.63, 3.8) is 0 Å². The first-order chi connectivity index (χ1) is 9.15. The van der Waals surface area contributed by atoms with E-state index in [9.17, 15) is 4.79 Å². The Labute approximate surface area is 117 Å². The lowest BCUT2D eigenvalue weighted by atomic mass is 10.1. The number of nitrogens with zero attached hydrogens (tertiary/aromatic N) is 2. The van der Waals surface area contributed by atoms with E-state index in [4.69, 9.17) is 11.6 Å². The van der Waals surface area contributed by atoms with Crippen molar-refractivity contribution in [1.29, 1.82) is 0 Å². The highest BCUT2D eigenvalue weighted by Gasteiger charge is 2.25. The minimum atomic E-state index is -0.0500. The van der Waals surface area contributed by atoms with Gasteiger partial charge in [-0.2, -0.15) is 0 Å². The van der Waals surface area contributed by atoms with Crippen LogP contribution >= 0.6 is 11.6 Å². The van der Waals surface area contributed by atoms with Gasteiger partial charge in [-0.1, -0.05) is 36.4 Å². The number of benzene rings is 1. The van der Waals surface area contributed by atoms with Crippen molar-refractivity contribution < 1.29 is 4.79 Å². The Balaban J connectivity index is 2.45. The first-order valence-electron chi connectivity index (χ1n) is 6.11. The Morgan fingerprint density at radius 3 is 2.68 bits per heavy atom. The molecule has 1 heterocycles. The van der Waals surface area contributed by atoms with Gasteiger partial charge in [0.2, 0.25) is 0 Å². The number of hydrogen-bond donors (Lipinski definition) is 0. The summed E-state index contributed by atoms with van der Waals surface area (Å²) in [6.45, 7) is 6.80. The van der Waals surface area contributed by atoms with E-state index in [1.54, 1.807) is 23.1 Å². The van der Waals surface area contributed by atoms with E-state index in [0.717, 1.165) is 11.3 Å². The van der Waals surface area contributed by atoms with Crippen LogP contribution in [-0.2, 0) is 4.79 Å². The predicted octanol–water partition coefficient (Wildman–Crippen LogP) is 3.06. The van der Waals surface area contributed by atoms with Gasteiger partial charge in [0.15, 0.2) is 0 Å². The number of allylic oxidation sites excluding steroid dienone is 2. The predicted molar refractivity (Wildman–Crippen MR) is 78.5 cm³/mol. The minimum Gasteiger partial charge on any atom is -0.332 e. The zero-order chi connectivity index (χ0) is 13.8. The zero-order valence-electron chi connectivity index (χ0n) is 10.8. The van der Waals surface area contributed by atoms with Crippen molar-refractivity contribution in [2.24, 2.45) is 4.99 Å². The third-order valence-electron chi connectivity index (χ3n) is 2.91. The smallest absolute Gasteiger partial charge is 0.273 e. The molecule has 0 radical (unpaired) electrons. The molecule has 1 aliphatic rings. The van der Waals surface area contributed by atoms with Crippen LogP contribution in [0.1, 0.15) is 12.5 Å². The second-order valence-electron chi connectivity index (χ2n) is 4.18. The van der Waals surface area contributed by atoms with Crippen LogP contribution < -0.4 is 0 Å². The molecule has 98 valence electrons. The lowest BCUT2D eigenvalue weighted by Gasteiger charge is -2.26. The molecule has 0 aliphatic carbocycles. The molecule has 3 nitrogen and oxygen atoms in total. The first-order valence-corrected chi connectivity index (χ1v) is 6.49. The molecule has 0 saturated carbocycles. The summed E-state index contributed by atoms with van der Waals surface area (Å²) in [7, 11) is 0. The average Bonchev–Trinajstić information content (AvgIpc) is 2.42. The van der Waals surface area contributed by atoms with E-state index in [1.165, 1.54) is 0 Å². The summed E-state index contributed by atoms with van der Waals surface area (Å²) in [6, 6.07) is 7.14. The molecular formula is C15H15ClN2O. The summed E-state index contributed by atoms with van der Waals surface area (Å²) in [6.07, 6.45) is 3.51. The first kappa shape index (κ1) is 13.6. The van der Waals surface area contributed by atoms with Gasteiger partial charge in [0.1, 0.15) is 5.71 Å². The maximum Gasteiger partial charge on any atom is 0.273 e. The number of carbonyl (C=O) groups is 1. The maximum atomic E-state index is 12.3. The fourth-order valence-corrected chi connectivity index (χ4v) is 2.05. The van der Waals surface area contributed by atoms with Crippen LogP contribution in [-0.4, -0.2) is 29.6 Å². The van der Waals surface area contributed by atoms with Gasteiger partial charge in [-0.3, -0.25) is 4.79 Å². The molecule has 1 aromatic rings. The van der Waals surface area contributed by atoms with Crippen LogP contribution in [0.15, 0.2) is 53.7 Å². The number of carbonyl (C=O) groups excluding carboxylic acids is 1. The van der Waals surface area contributed by atoms with Gasteiger partial charge in [0.05, 0.1) is 12.2 Å². The van der Waals surface area contributed by atoms with Crippen molar-refractivity contribution >= 4 is 23.2 Å². The fraction of sp³-hybridized carbons (Fsp3) is 0.200. The highest BCUT2D eigenvalue weighted by atomic mass is 35.5. The van der Waals surface area contributed by atoms with Gasteiger partial charge in [0, 0.05) is 17.1 Å². The van der Waals surface area contributed by atoms with Crippen molar-refractivity contribution in [2.45, 2.75) is 6.92 Å². The number of halogens is 1. The van der Waals surface area contributed by atoms with Crippen LogP contribution in [0.3, 0.4) is 0 Å². The molecule has 0 spiro atoms. The summed E-state index contributed by atoms with van der Waals surface area (Å²) in [5.41, 5.74) is 2.07. The lowest BCUT2D eigenvalue weighted by Crippen LogP contribution is -2.41. The second-order valence-corrected chi connectivity index (χ2v) is 4.62. The largest absolute Gasteiger partial charge is 0.332 e. The molecule has 0 saturated heterocycles. The molecule has 19 heavy (non-hydrogen) atoms. The number of rotatable bonds is 3. The summed E-state index contributed by atoms with van der Waals surface area (Å²) < 4.78 is 0. The standard InChI is InChI=1S/C15H15ClN2O/c1-3-5-13-10-18(4-2)15(19)14(17-13)11-6-8-12(16)9-7-11/h3,5-9H,1,4,10H2,2H3/b13-5+. The van der Waals surface area contributed by atoms with E-state index < -0.39 is 0 Å². The summed E-state index contributed by atoms with van der Waals surface area (Å²) >= 11 is 5.86. The normalized spacial score (nSPS) is 17.6. The number of amides is 1. The van der Waals surface area contributed by atoms with Crippen molar-refractivity contribution in [1.82, 2.24) is 4.90 Å². The second kappa shape index (κ2) is 5.85. The Morgan fingerprint density at radius 2 is 2.11 bits per heavy atom. The zero-order valence-corrected chi connectivity index (χ0v) is 11.5. The Bertz CT molecular complexity index is 558. The van der Waals surface area contributed by atoms with E-state index in [2.05, 4.69) is 11.6 Å². The van der Waals surface area contributed by atoms with E-state index in [-0.39, 0.29) is 5.91 Å². The van der Waals surface area contributed by atoms with Crippen molar-refractivity contribution in [3.05, 3.63) is 59.3 Å². The maximum absolute atomic E-state index is 12.3. The summed E-state index contributed by atoms with van der Waals surface area (Å²) in [5.74, 6) is -0.0500. The molecule has 0 bridgehead atoms. The molecule has 0 N–H and O–H groups in total. The van der Waals surface area contributed by atoms with Crippen LogP contribution in [0.4, 0.5) is 0 Å². The van der Waals surface area contributed by atoms with Crippen molar-refractivity contribution in [3.8, 4) is 0 Å². The highest BCUT2D eigenvalue weighted by molar-refractivity contribution is 6.46. The topological polar surface area (TPSA) is 32.7 Å². The SMILES string of the molecule is C=C/C=C1\CN(CC)C(=O)C(c2ccc(Cl)cc2)=N1. The van der Waals surface area contributed by atoms with Crippen LogP contribution in [0.25, 0.3) is 0 Å². The van der Waals surface area contributed by atoms with Gasteiger partial charge >= 0.3 is 0 Å². The van der Waals surface area contributed by atoms with Crippen molar-refractivity contribution in [2.75, 3.05) is 13.1 Å². The molecule has 1 amide bonds. The molecule has 0 unspecified atom stereocenters.